The van der Waals surface area contributed by atoms with Gasteiger partial charge in [0.2, 0.25) is 0 Å². The van der Waals surface area contributed by atoms with Gasteiger partial charge in [0.05, 0.1) is 16.4 Å². The van der Waals surface area contributed by atoms with Crippen molar-refractivity contribution >= 4 is 22.9 Å². The number of fused-ring (bicyclic) bond motifs is 1. The number of nitrogens with zero attached hydrogens (tertiary/aromatic N) is 1. The molecule has 0 spiro atoms. The van der Waals surface area contributed by atoms with Gasteiger partial charge in [0, 0.05) is 10.4 Å². The van der Waals surface area contributed by atoms with E-state index in [2.05, 4.69) is 17.2 Å². The standard InChI is InChI=1S/C14H14N2O2S/c1-7-14(17)16-11-6-10(4-5-12(11)18-7)13-8(2)19-9(3)15-13/h4-7H,1-3H3,(H,16,17). The van der Waals surface area contributed by atoms with E-state index in [1.807, 2.05) is 25.1 Å². The summed E-state index contributed by atoms with van der Waals surface area (Å²) in [5.41, 5.74) is 2.68. The minimum absolute atomic E-state index is 0.115. The number of carbonyl (C=O) groups excluding carboxylic acids is 1. The van der Waals surface area contributed by atoms with Crippen LogP contribution in [0, 0.1) is 13.8 Å². The Kier molecular flexibility index (Phi) is 2.78. The van der Waals surface area contributed by atoms with E-state index in [1.54, 1.807) is 18.3 Å². The summed E-state index contributed by atoms with van der Waals surface area (Å²) in [6, 6.07) is 5.78. The van der Waals surface area contributed by atoms with Crippen molar-refractivity contribution in [2.24, 2.45) is 0 Å². The van der Waals surface area contributed by atoms with Gasteiger partial charge in [-0.1, -0.05) is 0 Å². The number of aromatic nitrogens is 1. The van der Waals surface area contributed by atoms with E-state index in [-0.39, 0.29) is 5.91 Å². The molecule has 19 heavy (non-hydrogen) atoms. The Labute approximate surface area is 115 Å². The fraction of sp³-hybridized carbons (Fsp3) is 0.286. The molecule has 0 saturated carbocycles. The summed E-state index contributed by atoms with van der Waals surface area (Å²) >= 11 is 1.67. The second kappa shape index (κ2) is 4.35. The van der Waals surface area contributed by atoms with Crippen LogP contribution < -0.4 is 10.1 Å². The van der Waals surface area contributed by atoms with Crippen LogP contribution in [0.15, 0.2) is 18.2 Å². The molecule has 1 unspecified atom stereocenters. The quantitative estimate of drug-likeness (QED) is 0.869. The van der Waals surface area contributed by atoms with Crippen molar-refractivity contribution in [2.45, 2.75) is 26.9 Å². The Morgan fingerprint density at radius 2 is 2.16 bits per heavy atom. The van der Waals surface area contributed by atoms with Crippen LogP contribution in [0.3, 0.4) is 0 Å². The van der Waals surface area contributed by atoms with E-state index in [9.17, 15) is 4.79 Å². The van der Waals surface area contributed by atoms with Crippen LogP contribution in [0.25, 0.3) is 11.3 Å². The molecule has 2 aromatic rings. The van der Waals surface area contributed by atoms with Crippen LogP contribution in [0.2, 0.25) is 0 Å². The van der Waals surface area contributed by atoms with Crippen molar-refractivity contribution in [3.63, 3.8) is 0 Å². The lowest BCUT2D eigenvalue weighted by atomic mass is 10.1. The minimum Gasteiger partial charge on any atom is -0.479 e. The zero-order chi connectivity index (χ0) is 13.6. The highest BCUT2D eigenvalue weighted by Crippen LogP contribution is 2.35. The van der Waals surface area contributed by atoms with Crippen molar-refractivity contribution in [3.8, 4) is 17.0 Å². The third kappa shape index (κ3) is 2.10. The topological polar surface area (TPSA) is 51.2 Å². The first-order valence-electron chi connectivity index (χ1n) is 6.10. The summed E-state index contributed by atoms with van der Waals surface area (Å²) < 4.78 is 5.54. The third-order valence-corrected chi connectivity index (χ3v) is 3.97. The molecule has 98 valence electrons. The van der Waals surface area contributed by atoms with Crippen LogP contribution in [0.1, 0.15) is 16.8 Å². The average Bonchev–Trinajstić information content (AvgIpc) is 2.69. The number of rotatable bonds is 1. The summed E-state index contributed by atoms with van der Waals surface area (Å²) in [5, 5.41) is 3.90. The van der Waals surface area contributed by atoms with Crippen molar-refractivity contribution < 1.29 is 9.53 Å². The minimum atomic E-state index is -0.443. The summed E-state index contributed by atoms with van der Waals surface area (Å²) in [7, 11) is 0. The van der Waals surface area contributed by atoms with Crippen LogP contribution in [0.5, 0.6) is 5.75 Å². The Morgan fingerprint density at radius 1 is 1.37 bits per heavy atom. The Bertz CT molecular complexity index is 663. The summed E-state index contributed by atoms with van der Waals surface area (Å²) in [5.74, 6) is 0.594. The first-order chi connectivity index (χ1) is 9.04. The number of nitrogens with one attached hydrogen (secondary N) is 1. The van der Waals surface area contributed by atoms with E-state index >= 15 is 0 Å². The smallest absolute Gasteiger partial charge is 0.265 e. The predicted octanol–water partition coefficient (Wildman–Crippen LogP) is 3.15. The van der Waals surface area contributed by atoms with E-state index in [1.165, 1.54) is 4.88 Å². The summed E-state index contributed by atoms with van der Waals surface area (Å²) in [6.07, 6.45) is -0.443. The number of carbonyl (C=O) groups is 1. The van der Waals surface area contributed by atoms with Gasteiger partial charge in [-0.05, 0) is 39.0 Å². The van der Waals surface area contributed by atoms with Gasteiger partial charge in [0.15, 0.2) is 6.10 Å². The van der Waals surface area contributed by atoms with Gasteiger partial charge in [0.1, 0.15) is 5.75 Å². The molecular formula is C14H14N2O2S. The molecular weight excluding hydrogens is 260 g/mol. The molecule has 0 bridgehead atoms. The van der Waals surface area contributed by atoms with Crippen molar-refractivity contribution in [1.29, 1.82) is 0 Å². The maximum absolute atomic E-state index is 11.6. The Morgan fingerprint density at radius 3 is 2.84 bits per heavy atom. The van der Waals surface area contributed by atoms with Gasteiger partial charge in [-0.2, -0.15) is 0 Å². The van der Waals surface area contributed by atoms with Crippen molar-refractivity contribution in [2.75, 3.05) is 5.32 Å². The Balaban J connectivity index is 2.05. The molecule has 0 radical (unpaired) electrons. The first kappa shape index (κ1) is 12.2. The average molecular weight is 274 g/mol. The molecule has 0 saturated heterocycles. The molecule has 1 atom stereocenters. The normalized spacial score (nSPS) is 17.6. The first-order valence-corrected chi connectivity index (χ1v) is 6.92. The molecule has 0 fully saturated rings. The molecule has 1 aromatic carbocycles. The third-order valence-electron chi connectivity index (χ3n) is 3.09. The highest BCUT2D eigenvalue weighted by Gasteiger charge is 2.24. The largest absolute Gasteiger partial charge is 0.479 e. The van der Waals surface area contributed by atoms with Gasteiger partial charge in [0.25, 0.3) is 5.91 Å². The second-order valence-electron chi connectivity index (χ2n) is 4.60. The predicted molar refractivity (Wildman–Crippen MR) is 75.7 cm³/mol. The number of hydrogen-bond donors (Lipinski definition) is 1. The lowest BCUT2D eigenvalue weighted by Crippen LogP contribution is -2.34. The maximum atomic E-state index is 11.6. The second-order valence-corrected chi connectivity index (χ2v) is 6.01. The molecule has 0 aliphatic carbocycles. The number of thiazole rings is 1. The SMILES string of the molecule is Cc1nc(-c2ccc3c(c2)NC(=O)C(C)O3)c(C)s1. The highest BCUT2D eigenvalue weighted by molar-refractivity contribution is 7.11. The number of anilines is 1. The van der Waals surface area contributed by atoms with E-state index < -0.39 is 6.10 Å². The van der Waals surface area contributed by atoms with Crippen LogP contribution in [0.4, 0.5) is 5.69 Å². The van der Waals surface area contributed by atoms with E-state index in [0.717, 1.165) is 16.3 Å². The van der Waals surface area contributed by atoms with Crippen LogP contribution >= 0.6 is 11.3 Å². The molecule has 1 N–H and O–H groups in total. The lowest BCUT2D eigenvalue weighted by Gasteiger charge is -2.23. The summed E-state index contributed by atoms with van der Waals surface area (Å²) in [6.45, 7) is 5.78. The molecule has 1 aromatic heterocycles. The van der Waals surface area contributed by atoms with Crippen molar-refractivity contribution in [3.05, 3.63) is 28.1 Å². The number of hydrogen-bond acceptors (Lipinski definition) is 4. The van der Waals surface area contributed by atoms with E-state index in [4.69, 9.17) is 4.74 Å². The van der Waals surface area contributed by atoms with Gasteiger partial charge < -0.3 is 10.1 Å². The van der Waals surface area contributed by atoms with Gasteiger partial charge in [-0.3, -0.25) is 4.79 Å². The fourth-order valence-electron chi connectivity index (χ4n) is 2.15. The zero-order valence-corrected chi connectivity index (χ0v) is 11.8. The molecule has 4 nitrogen and oxygen atoms in total. The molecule has 5 heteroatoms. The molecule has 1 aliphatic heterocycles. The number of benzene rings is 1. The monoisotopic (exact) mass is 274 g/mol. The Hall–Kier alpha value is -1.88. The van der Waals surface area contributed by atoms with Gasteiger partial charge in [-0.15, -0.1) is 11.3 Å². The molecule has 3 rings (SSSR count). The number of amides is 1. The van der Waals surface area contributed by atoms with Gasteiger partial charge >= 0.3 is 0 Å². The zero-order valence-electron chi connectivity index (χ0n) is 11.0. The fourth-order valence-corrected chi connectivity index (χ4v) is 2.99. The molecule has 1 amide bonds. The van der Waals surface area contributed by atoms with E-state index in [0.29, 0.717) is 11.4 Å². The summed E-state index contributed by atoms with van der Waals surface area (Å²) in [4.78, 5) is 17.3. The van der Waals surface area contributed by atoms with Crippen molar-refractivity contribution in [1.82, 2.24) is 4.98 Å². The highest BCUT2D eigenvalue weighted by atomic mass is 32.1. The number of ether oxygens (including phenoxy) is 1. The van der Waals surface area contributed by atoms with Gasteiger partial charge in [-0.25, -0.2) is 4.98 Å². The maximum Gasteiger partial charge on any atom is 0.265 e. The van der Waals surface area contributed by atoms with Crippen LogP contribution in [-0.2, 0) is 4.79 Å². The number of aryl methyl sites for hydroxylation is 2. The van der Waals surface area contributed by atoms with Crippen LogP contribution in [-0.4, -0.2) is 17.0 Å². The molecule has 2 heterocycles. The lowest BCUT2D eigenvalue weighted by molar-refractivity contribution is -0.122. The molecule has 1 aliphatic rings.